The molecule has 0 aliphatic heterocycles. The highest BCUT2D eigenvalue weighted by molar-refractivity contribution is 7.91. The third kappa shape index (κ3) is 4.52. The predicted molar refractivity (Wildman–Crippen MR) is 159 cm³/mol. The van der Waals surface area contributed by atoms with Gasteiger partial charge >= 0.3 is 0 Å². The highest BCUT2D eigenvalue weighted by Crippen LogP contribution is 2.36. The van der Waals surface area contributed by atoms with Crippen molar-refractivity contribution in [2.75, 3.05) is 5.32 Å². The maximum atomic E-state index is 14.3. The number of benzene rings is 3. The number of aromatic amines is 1. The number of anilines is 1. The van der Waals surface area contributed by atoms with Crippen molar-refractivity contribution in [1.82, 2.24) is 19.5 Å². The summed E-state index contributed by atoms with van der Waals surface area (Å²) in [6, 6.07) is 18.1. The number of para-hydroxylation sites is 1. The number of halogens is 2. The van der Waals surface area contributed by atoms with E-state index in [-0.39, 0.29) is 42.2 Å². The van der Waals surface area contributed by atoms with Gasteiger partial charge in [-0.15, -0.1) is 0 Å². The molecular formula is C30H21ClFN5O4S. The normalized spacial score (nSPS) is 12.5. The molecule has 0 aliphatic rings. The minimum Gasteiger partial charge on any atom is -0.361 e. The molecule has 42 heavy (non-hydrogen) atoms. The van der Waals surface area contributed by atoms with E-state index in [9.17, 15) is 22.4 Å². The van der Waals surface area contributed by atoms with E-state index in [1.165, 1.54) is 35.3 Å². The number of nitrogens with one attached hydrogen (secondary N) is 2. The molecule has 3 aromatic carbocycles. The molecule has 1 atom stereocenters. The second-order valence-corrected chi connectivity index (χ2v) is 11.8. The van der Waals surface area contributed by atoms with Gasteiger partial charge in [-0.05, 0) is 49.4 Å². The molecular weight excluding hydrogens is 581 g/mol. The third-order valence-corrected chi connectivity index (χ3v) is 9.09. The Balaban J connectivity index is 1.62. The molecule has 9 nitrogen and oxygen atoms in total. The van der Waals surface area contributed by atoms with E-state index in [2.05, 4.69) is 20.3 Å². The predicted octanol–water partition coefficient (Wildman–Crippen LogP) is 5.42. The zero-order valence-electron chi connectivity index (χ0n) is 21.9. The number of hydrogen-bond acceptors (Lipinski definition) is 7. The number of hydrogen-bond donors (Lipinski definition) is 2. The summed E-state index contributed by atoms with van der Waals surface area (Å²) in [7, 11) is -4.24. The lowest BCUT2D eigenvalue weighted by atomic mass is 10.1. The van der Waals surface area contributed by atoms with Crippen molar-refractivity contribution >= 4 is 49.1 Å². The van der Waals surface area contributed by atoms with E-state index < -0.39 is 27.3 Å². The first-order valence-corrected chi connectivity index (χ1v) is 14.6. The summed E-state index contributed by atoms with van der Waals surface area (Å²) in [5.74, 6) is -0.365. The van der Waals surface area contributed by atoms with Crippen LogP contribution in [0.4, 0.5) is 10.2 Å². The van der Waals surface area contributed by atoms with E-state index in [1.54, 1.807) is 43.3 Å². The fourth-order valence-corrected chi connectivity index (χ4v) is 6.84. The Morgan fingerprint density at radius 1 is 0.929 bits per heavy atom. The lowest BCUT2D eigenvalue weighted by Gasteiger charge is -2.24. The summed E-state index contributed by atoms with van der Waals surface area (Å²) < 4.78 is 42.3. The molecule has 2 N–H and O–H groups in total. The summed E-state index contributed by atoms with van der Waals surface area (Å²) in [5.41, 5.74) is 0.147. The lowest BCUT2D eigenvalue weighted by Crippen LogP contribution is -2.27. The molecule has 0 aliphatic carbocycles. The molecule has 0 unspecified atom stereocenters. The summed E-state index contributed by atoms with van der Waals surface area (Å²) in [5, 5.41) is 3.64. The minimum absolute atomic E-state index is 0.115. The number of nitrogens with zero attached hydrogens (tertiary/aromatic N) is 3. The van der Waals surface area contributed by atoms with E-state index in [0.29, 0.717) is 17.0 Å². The zero-order chi connectivity index (χ0) is 29.6. The molecule has 0 amide bonds. The van der Waals surface area contributed by atoms with Gasteiger partial charge in [-0.3, -0.25) is 14.2 Å². The van der Waals surface area contributed by atoms with Crippen LogP contribution in [0.1, 0.15) is 18.7 Å². The molecule has 0 saturated carbocycles. The molecule has 3 aromatic heterocycles. The number of sulfone groups is 1. The summed E-state index contributed by atoms with van der Waals surface area (Å²) in [6.07, 6.45) is 2.78. The molecule has 0 bridgehead atoms. The van der Waals surface area contributed by atoms with Crippen molar-refractivity contribution in [3.8, 4) is 5.69 Å². The Hall–Kier alpha value is -4.87. The fourth-order valence-electron chi connectivity index (χ4n) is 4.96. The van der Waals surface area contributed by atoms with Crippen LogP contribution in [0.3, 0.4) is 0 Å². The number of H-pyrrole nitrogens is 1. The average molecular weight is 602 g/mol. The largest absolute Gasteiger partial charge is 0.361 e. The van der Waals surface area contributed by atoms with Crippen LogP contribution < -0.4 is 16.3 Å². The second kappa shape index (κ2) is 10.5. The Kier molecular flexibility index (Phi) is 6.83. The van der Waals surface area contributed by atoms with E-state index in [4.69, 9.17) is 11.6 Å². The molecule has 6 aromatic rings. The minimum atomic E-state index is -4.24. The molecule has 12 heteroatoms. The van der Waals surface area contributed by atoms with Gasteiger partial charge in [-0.2, -0.15) is 0 Å². The van der Waals surface area contributed by atoms with Gasteiger partial charge in [-0.1, -0.05) is 41.9 Å². The highest BCUT2D eigenvalue weighted by Gasteiger charge is 2.28. The van der Waals surface area contributed by atoms with Crippen LogP contribution in [0.2, 0.25) is 5.02 Å². The third-order valence-electron chi connectivity index (χ3n) is 6.89. The number of fused-ring (bicyclic) bond motifs is 2. The molecule has 6 rings (SSSR count). The number of pyridine rings is 2. The van der Waals surface area contributed by atoms with Gasteiger partial charge in [0.05, 0.1) is 31.9 Å². The van der Waals surface area contributed by atoms with Crippen molar-refractivity contribution < 1.29 is 12.8 Å². The van der Waals surface area contributed by atoms with Crippen molar-refractivity contribution in [3.05, 3.63) is 128 Å². The molecule has 210 valence electrons. The maximum absolute atomic E-state index is 14.3. The Morgan fingerprint density at radius 3 is 2.40 bits per heavy atom. The van der Waals surface area contributed by atoms with Gasteiger partial charge in [0.2, 0.25) is 9.84 Å². The quantitative estimate of drug-likeness (QED) is 0.244. The topological polar surface area (TPSA) is 127 Å². The van der Waals surface area contributed by atoms with Crippen LogP contribution in [0, 0.1) is 5.82 Å². The van der Waals surface area contributed by atoms with Crippen LogP contribution in [-0.2, 0) is 9.84 Å². The zero-order valence-corrected chi connectivity index (χ0v) is 23.4. The van der Waals surface area contributed by atoms with E-state index in [0.717, 1.165) is 24.3 Å². The fraction of sp³-hybridized carbons (Fsp3) is 0.0667. The standard InChI is InChI=1S/C30H21ClFN5O4S/c1-17(36-29-25-22(38)14-15-33-28(25)34-16-35-29)27-26(31)21-8-5-9-23(42(40,41)20-12-10-18(32)11-13-20)24(21)30(39)37(27)19-6-3-2-4-7-19/h2-17H,1H3,(H2,33,34,35,36,38)/t17-/m0/s1. The van der Waals surface area contributed by atoms with Gasteiger partial charge in [0, 0.05) is 23.3 Å². The van der Waals surface area contributed by atoms with Crippen LogP contribution in [-0.4, -0.2) is 27.9 Å². The Bertz CT molecular complexity index is 2220. The smallest absolute Gasteiger partial charge is 0.264 e. The molecule has 0 saturated heterocycles. The highest BCUT2D eigenvalue weighted by atomic mass is 35.5. The van der Waals surface area contributed by atoms with Gasteiger partial charge in [0.15, 0.2) is 5.43 Å². The van der Waals surface area contributed by atoms with Crippen LogP contribution in [0.15, 0.2) is 111 Å². The van der Waals surface area contributed by atoms with Gasteiger partial charge in [0.25, 0.3) is 5.56 Å². The maximum Gasteiger partial charge on any atom is 0.264 e. The van der Waals surface area contributed by atoms with Crippen molar-refractivity contribution in [1.29, 1.82) is 0 Å². The van der Waals surface area contributed by atoms with E-state index >= 15 is 0 Å². The van der Waals surface area contributed by atoms with Crippen molar-refractivity contribution in [2.45, 2.75) is 22.8 Å². The molecule has 3 heterocycles. The Morgan fingerprint density at radius 2 is 1.67 bits per heavy atom. The first-order valence-electron chi connectivity index (χ1n) is 12.7. The summed E-state index contributed by atoms with van der Waals surface area (Å²) in [4.78, 5) is 37.9. The number of rotatable bonds is 6. The molecule has 0 spiro atoms. The first kappa shape index (κ1) is 27.3. The van der Waals surface area contributed by atoms with Crippen molar-refractivity contribution in [3.63, 3.8) is 0 Å². The van der Waals surface area contributed by atoms with Gasteiger partial charge in [-0.25, -0.2) is 22.8 Å². The average Bonchev–Trinajstić information content (AvgIpc) is 2.99. The van der Waals surface area contributed by atoms with Gasteiger partial charge < -0.3 is 10.3 Å². The molecule has 0 radical (unpaired) electrons. The summed E-state index contributed by atoms with van der Waals surface area (Å²) >= 11 is 7.02. The van der Waals surface area contributed by atoms with Crippen LogP contribution >= 0.6 is 11.6 Å². The van der Waals surface area contributed by atoms with Crippen LogP contribution in [0.5, 0.6) is 0 Å². The molecule has 0 fully saturated rings. The SMILES string of the molecule is C[C@H](Nc1ncnc2[nH]ccc(=O)c12)c1c(Cl)c2cccc(S(=O)(=O)c3ccc(F)cc3)c2c(=O)n1-c1ccccc1. The Labute approximate surface area is 243 Å². The summed E-state index contributed by atoms with van der Waals surface area (Å²) in [6.45, 7) is 1.75. The first-order chi connectivity index (χ1) is 20.2. The lowest BCUT2D eigenvalue weighted by molar-refractivity contribution is 0.595. The van der Waals surface area contributed by atoms with Crippen molar-refractivity contribution in [2.24, 2.45) is 0 Å². The van der Waals surface area contributed by atoms with E-state index in [1.807, 2.05) is 0 Å². The number of aromatic nitrogens is 4. The van der Waals surface area contributed by atoms with Crippen LogP contribution in [0.25, 0.3) is 27.5 Å². The second-order valence-electron chi connectivity index (χ2n) is 9.47. The van der Waals surface area contributed by atoms with Gasteiger partial charge in [0.1, 0.15) is 29.0 Å². The monoisotopic (exact) mass is 601 g/mol.